The summed E-state index contributed by atoms with van der Waals surface area (Å²) in [5.41, 5.74) is 0.766. The number of aromatic nitrogens is 3. The van der Waals surface area contributed by atoms with Gasteiger partial charge in [0.1, 0.15) is 5.69 Å². The number of pyridine rings is 1. The van der Waals surface area contributed by atoms with E-state index in [1.807, 2.05) is 18.2 Å². The van der Waals surface area contributed by atoms with Crippen LogP contribution < -0.4 is 5.32 Å². The Morgan fingerprint density at radius 1 is 1.37 bits per heavy atom. The van der Waals surface area contributed by atoms with Crippen LogP contribution in [-0.2, 0) is 4.79 Å². The molecule has 0 saturated carbocycles. The summed E-state index contributed by atoms with van der Waals surface area (Å²) in [5, 5.41) is 12.0. The summed E-state index contributed by atoms with van der Waals surface area (Å²) in [6.45, 7) is 4.19. The van der Waals surface area contributed by atoms with Gasteiger partial charge in [0.2, 0.25) is 11.0 Å². The van der Waals surface area contributed by atoms with Gasteiger partial charge in [-0.15, -0.1) is 10.2 Å². The molecule has 0 aliphatic heterocycles. The van der Waals surface area contributed by atoms with Gasteiger partial charge in [-0.1, -0.05) is 31.3 Å². The number of rotatable bonds is 5. The van der Waals surface area contributed by atoms with Crippen molar-refractivity contribution in [3.05, 3.63) is 24.4 Å². The molecular weight excluding hydrogens is 260 g/mol. The largest absolute Gasteiger partial charge is 0.301 e. The molecule has 0 aliphatic carbocycles. The zero-order valence-corrected chi connectivity index (χ0v) is 11.8. The highest BCUT2D eigenvalue weighted by Crippen LogP contribution is 2.24. The van der Waals surface area contributed by atoms with Crippen molar-refractivity contribution in [2.45, 2.75) is 26.7 Å². The second-order valence-corrected chi connectivity index (χ2v) is 5.59. The average molecular weight is 276 g/mol. The lowest BCUT2D eigenvalue weighted by molar-refractivity contribution is -0.116. The first kappa shape index (κ1) is 13.6. The summed E-state index contributed by atoms with van der Waals surface area (Å²) in [5.74, 6) is 0.502. The fourth-order valence-electron chi connectivity index (χ4n) is 1.47. The molecule has 100 valence electrons. The Kier molecular flexibility index (Phi) is 4.57. The lowest BCUT2D eigenvalue weighted by Crippen LogP contribution is -2.11. The minimum atomic E-state index is -0.0163. The van der Waals surface area contributed by atoms with Crippen LogP contribution in [0.3, 0.4) is 0 Å². The average Bonchev–Trinajstić information content (AvgIpc) is 2.86. The van der Waals surface area contributed by atoms with Gasteiger partial charge >= 0.3 is 0 Å². The predicted octanol–water partition coefficient (Wildman–Crippen LogP) is 2.97. The molecule has 0 unspecified atom stereocenters. The van der Waals surface area contributed by atoms with E-state index in [1.54, 1.807) is 6.20 Å². The van der Waals surface area contributed by atoms with Crippen molar-refractivity contribution >= 4 is 22.4 Å². The van der Waals surface area contributed by atoms with Gasteiger partial charge in [-0.05, 0) is 24.5 Å². The molecule has 0 saturated heterocycles. The molecule has 0 fully saturated rings. The van der Waals surface area contributed by atoms with Crippen LogP contribution in [0.15, 0.2) is 24.4 Å². The summed E-state index contributed by atoms with van der Waals surface area (Å²) in [4.78, 5) is 15.9. The van der Waals surface area contributed by atoms with E-state index in [0.717, 1.165) is 12.1 Å². The van der Waals surface area contributed by atoms with Gasteiger partial charge in [-0.25, -0.2) is 0 Å². The first-order valence-corrected chi connectivity index (χ1v) is 7.01. The van der Waals surface area contributed by atoms with Crippen LogP contribution >= 0.6 is 11.3 Å². The van der Waals surface area contributed by atoms with Crippen molar-refractivity contribution in [1.82, 2.24) is 15.2 Å². The number of nitrogens with zero attached hydrogens (tertiary/aromatic N) is 3. The fraction of sp³-hybridized carbons (Fsp3) is 0.385. The fourth-order valence-corrected chi connectivity index (χ4v) is 2.20. The Labute approximate surface area is 116 Å². The maximum absolute atomic E-state index is 11.7. The van der Waals surface area contributed by atoms with E-state index in [1.165, 1.54) is 11.3 Å². The molecule has 2 aromatic heterocycles. The molecule has 0 radical (unpaired) electrons. The number of carbonyl (C=O) groups excluding carboxylic acids is 1. The van der Waals surface area contributed by atoms with E-state index in [2.05, 4.69) is 34.3 Å². The van der Waals surface area contributed by atoms with Crippen molar-refractivity contribution in [2.75, 3.05) is 5.32 Å². The van der Waals surface area contributed by atoms with Gasteiger partial charge in [0.25, 0.3) is 0 Å². The van der Waals surface area contributed by atoms with Crippen molar-refractivity contribution in [2.24, 2.45) is 5.92 Å². The van der Waals surface area contributed by atoms with E-state index >= 15 is 0 Å². The van der Waals surface area contributed by atoms with Gasteiger partial charge in [0.05, 0.1) is 0 Å². The zero-order chi connectivity index (χ0) is 13.7. The molecule has 1 N–H and O–H groups in total. The molecule has 2 heterocycles. The van der Waals surface area contributed by atoms with E-state index in [4.69, 9.17) is 0 Å². The lowest BCUT2D eigenvalue weighted by atomic mass is 10.1. The van der Waals surface area contributed by atoms with Crippen LogP contribution in [0.1, 0.15) is 26.7 Å². The van der Waals surface area contributed by atoms with Crippen molar-refractivity contribution < 1.29 is 4.79 Å². The number of nitrogens with one attached hydrogen (secondary N) is 1. The highest BCUT2D eigenvalue weighted by Gasteiger charge is 2.10. The van der Waals surface area contributed by atoms with Gasteiger partial charge in [-0.3, -0.25) is 9.78 Å². The molecule has 0 bridgehead atoms. The zero-order valence-electron chi connectivity index (χ0n) is 11.0. The van der Waals surface area contributed by atoms with Gasteiger partial charge in [-0.2, -0.15) is 0 Å². The quantitative estimate of drug-likeness (QED) is 0.911. The van der Waals surface area contributed by atoms with Crippen LogP contribution in [0.25, 0.3) is 10.7 Å². The number of hydrogen-bond acceptors (Lipinski definition) is 5. The molecule has 0 atom stereocenters. The number of hydrogen-bond donors (Lipinski definition) is 1. The third kappa shape index (κ3) is 4.10. The molecule has 2 rings (SSSR count). The van der Waals surface area contributed by atoms with Crippen molar-refractivity contribution in [1.29, 1.82) is 0 Å². The summed E-state index contributed by atoms with van der Waals surface area (Å²) < 4.78 is 0. The summed E-state index contributed by atoms with van der Waals surface area (Å²) in [6, 6.07) is 5.61. The minimum absolute atomic E-state index is 0.0163. The Morgan fingerprint density at radius 2 is 2.21 bits per heavy atom. The van der Waals surface area contributed by atoms with Crippen LogP contribution in [0.5, 0.6) is 0 Å². The molecule has 0 aromatic carbocycles. The van der Waals surface area contributed by atoms with Crippen LogP contribution in [-0.4, -0.2) is 21.1 Å². The molecule has 19 heavy (non-hydrogen) atoms. The van der Waals surface area contributed by atoms with Crippen LogP contribution in [0.4, 0.5) is 5.13 Å². The molecular formula is C13H16N4OS. The monoisotopic (exact) mass is 276 g/mol. The topological polar surface area (TPSA) is 67.8 Å². The Hall–Kier alpha value is -1.82. The molecule has 2 aromatic rings. The van der Waals surface area contributed by atoms with Crippen molar-refractivity contribution in [3.8, 4) is 10.7 Å². The maximum Gasteiger partial charge on any atom is 0.226 e. The first-order chi connectivity index (χ1) is 9.15. The number of carbonyl (C=O) groups is 1. The van der Waals surface area contributed by atoms with Crippen LogP contribution in [0, 0.1) is 5.92 Å². The Balaban J connectivity index is 1.96. The highest BCUT2D eigenvalue weighted by atomic mass is 32.1. The van der Waals surface area contributed by atoms with Gasteiger partial charge in [0, 0.05) is 12.6 Å². The van der Waals surface area contributed by atoms with E-state index in [9.17, 15) is 4.79 Å². The molecule has 6 heteroatoms. The number of anilines is 1. The SMILES string of the molecule is CC(C)CCC(=O)Nc1nnc(-c2ccccn2)s1. The summed E-state index contributed by atoms with van der Waals surface area (Å²) >= 11 is 1.33. The number of amides is 1. The Bertz CT molecular complexity index is 539. The van der Waals surface area contributed by atoms with E-state index in [-0.39, 0.29) is 5.91 Å². The first-order valence-electron chi connectivity index (χ1n) is 6.20. The standard InChI is InChI=1S/C13H16N4OS/c1-9(2)6-7-11(18)15-13-17-16-12(19-13)10-5-3-4-8-14-10/h3-5,8-9H,6-7H2,1-2H3,(H,15,17,18). The smallest absolute Gasteiger partial charge is 0.226 e. The third-order valence-electron chi connectivity index (χ3n) is 2.50. The maximum atomic E-state index is 11.7. The normalized spacial score (nSPS) is 10.7. The Morgan fingerprint density at radius 3 is 2.89 bits per heavy atom. The minimum Gasteiger partial charge on any atom is -0.301 e. The van der Waals surface area contributed by atoms with E-state index < -0.39 is 0 Å². The van der Waals surface area contributed by atoms with Crippen molar-refractivity contribution in [3.63, 3.8) is 0 Å². The lowest BCUT2D eigenvalue weighted by Gasteiger charge is -2.03. The molecule has 0 spiro atoms. The molecule has 1 amide bonds. The highest BCUT2D eigenvalue weighted by molar-refractivity contribution is 7.18. The summed E-state index contributed by atoms with van der Waals surface area (Å²) in [6.07, 6.45) is 3.09. The third-order valence-corrected chi connectivity index (χ3v) is 3.37. The molecule has 0 aliphatic rings. The predicted molar refractivity (Wildman–Crippen MR) is 75.8 cm³/mol. The summed E-state index contributed by atoms with van der Waals surface area (Å²) in [7, 11) is 0. The second-order valence-electron chi connectivity index (χ2n) is 4.61. The second kappa shape index (κ2) is 6.38. The van der Waals surface area contributed by atoms with Crippen LogP contribution in [0.2, 0.25) is 0 Å². The molecule has 5 nitrogen and oxygen atoms in total. The van der Waals surface area contributed by atoms with Gasteiger partial charge in [0.15, 0.2) is 5.01 Å². The van der Waals surface area contributed by atoms with E-state index in [0.29, 0.717) is 22.5 Å². The van der Waals surface area contributed by atoms with Gasteiger partial charge < -0.3 is 5.32 Å².